The first-order valence-electron chi connectivity index (χ1n) is 7.97. The van der Waals surface area contributed by atoms with E-state index in [0.717, 1.165) is 11.4 Å². The van der Waals surface area contributed by atoms with Crippen molar-refractivity contribution in [3.05, 3.63) is 110 Å². The fourth-order valence-corrected chi connectivity index (χ4v) is 1.83. The fraction of sp³-hybridized carbons (Fsp3) is 0.167. The summed E-state index contributed by atoms with van der Waals surface area (Å²) in [4.78, 5) is 14.8. The van der Waals surface area contributed by atoms with Gasteiger partial charge in [0.25, 0.3) is 0 Å². The summed E-state index contributed by atoms with van der Waals surface area (Å²) in [5.74, 6) is 0. The smallest absolute Gasteiger partial charge is 0.0619 e. The SMILES string of the molecule is C.C.C.C.c1c[nH]c(-c2ccc[nH]2)c1.c1cc[nH]c1.c1cc[nH]c1.c1cc[nH]c1. The van der Waals surface area contributed by atoms with Gasteiger partial charge in [-0.05, 0) is 60.7 Å². The Morgan fingerprint density at radius 2 is 0.621 bits per heavy atom. The molecule has 5 nitrogen and oxygen atoms in total. The molecule has 5 aromatic rings. The van der Waals surface area contributed by atoms with Gasteiger partial charge in [-0.1, -0.05) is 29.7 Å². The minimum atomic E-state index is 0. The molecule has 0 aliphatic carbocycles. The molecule has 0 aromatic carbocycles. The summed E-state index contributed by atoms with van der Waals surface area (Å²) in [5.41, 5.74) is 2.26. The van der Waals surface area contributed by atoms with Gasteiger partial charge in [0.2, 0.25) is 0 Å². The standard InChI is InChI=1S/C8H8N2.3C4H5N.4CH4/c1-3-7(9-5-1)8-4-2-6-10-8;3*1-2-4-5-3-1;;;;/h1-6,9-10H;3*1-5H;4*1H4. The van der Waals surface area contributed by atoms with E-state index in [2.05, 4.69) is 24.9 Å². The van der Waals surface area contributed by atoms with Crippen molar-refractivity contribution in [2.24, 2.45) is 0 Å². The molecule has 0 aliphatic rings. The van der Waals surface area contributed by atoms with Gasteiger partial charge in [0, 0.05) is 49.6 Å². The van der Waals surface area contributed by atoms with E-state index in [9.17, 15) is 0 Å². The molecule has 0 saturated carbocycles. The molecule has 0 atom stereocenters. The lowest BCUT2D eigenvalue weighted by Gasteiger charge is -1.88. The van der Waals surface area contributed by atoms with E-state index in [1.165, 1.54) is 0 Å². The number of hydrogen-bond donors (Lipinski definition) is 5. The molecule has 5 rings (SSSR count). The van der Waals surface area contributed by atoms with Gasteiger partial charge < -0.3 is 24.9 Å². The first kappa shape index (κ1) is 30.1. The van der Waals surface area contributed by atoms with Gasteiger partial charge in [-0.25, -0.2) is 0 Å². The van der Waals surface area contributed by atoms with E-state index >= 15 is 0 Å². The molecule has 0 saturated heterocycles. The molecule has 0 amide bonds. The third-order valence-electron chi connectivity index (χ3n) is 2.97. The van der Waals surface area contributed by atoms with Crippen LogP contribution in [0.4, 0.5) is 0 Å². The molecule has 0 bridgehead atoms. The number of rotatable bonds is 1. The average molecular weight is 398 g/mol. The van der Waals surface area contributed by atoms with E-state index in [1.807, 2.05) is 110 Å². The van der Waals surface area contributed by atoms with Gasteiger partial charge in [-0.15, -0.1) is 0 Å². The van der Waals surface area contributed by atoms with Crippen LogP contribution >= 0.6 is 0 Å². The zero-order valence-electron chi connectivity index (χ0n) is 13.9. The molecule has 160 valence electrons. The molecule has 0 fully saturated rings. The Balaban J connectivity index is -0.000000313. The highest BCUT2D eigenvalue weighted by Crippen LogP contribution is 2.12. The highest BCUT2D eigenvalue weighted by atomic mass is 14.8. The van der Waals surface area contributed by atoms with Crippen LogP contribution in [-0.4, -0.2) is 24.9 Å². The van der Waals surface area contributed by atoms with Crippen molar-refractivity contribution in [2.45, 2.75) is 29.7 Å². The maximum Gasteiger partial charge on any atom is 0.0619 e. The van der Waals surface area contributed by atoms with Crippen LogP contribution in [0.5, 0.6) is 0 Å². The van der Waals surface area contributed by atoms with Crippen molar-refractivity contribution in [3.8, 4) is 11.4 Å². The van der Waals surface area contributed by atoms with Gasteiger partial charge in [-0.3, -0.25) is 0 Å². The minimum absolute atomic E-state index is 0. The van der Waals surface area contributed by atoms with Crippen LogP contribution in [0.1, 0.15) is 29.7 Å². The van der Waals surface area contributed by atoms with Crippen molar-refractivity contribution in [2.75, 3.05) is 0 Å². The molecular weight excluding hydrogens is 358 g/mol. The van der Waals surface area contributed by atoms with Gasteiger partial charge in [0.15, 0.2) is 0 Å². The van der Waals surface area contributed by atoms with Gasteiger partial charge in [0.1, 0.15) is 0 Å². The lowest BCUT2D eigenvalue weighted by molar-refractivity contribution is 1.33. The predicted molar refractivity (Wildman–Crippen MR) is 130 cm³/mol. The zero-order chi connectivity index (χ0) is 17.4. The number of aromatic amines is 5. The number of aromatic nitrogens is 5. The summed E-state index contributed by atoms with van der Waals surface area (Å²) in [5, 5.41) is 0. The van der Waals surface area contributed by atoms with E-state index < -0.39 is 0 Å². The third-order valence-corrected chi connectivity index (χ3v) is 2.97. The first-order valence-corrected chi connectivity index (χ1v) is 7.97. The average Bonchev–Trinajstić information content (AvgIpc) is 3.50. The van der Waals surface area contributed by atoms with Gasteiger partial charge in [0.05, 0.1) is 11.4 Å². The van der Waals surface area contributed by atoms with E-state index in [4.69, 9.17) is 0 Å². The highest BCUT2D eigenvalue weighted by Gasteiger charge is 1.94. The second-order valence-corrected chi connectivity index (χ2v) is 4.82. The molecule has 0 aliphatic heterocycles. The Bertz CT molecular complexity index is 633. The van der Waals surface area contributed by atoms with E-state index in [1.54, 1.807) is 0 Å². The second kappa shape index (κ2) is 20.7. The Morgan fingerprint density at radius 3 is 0.759 bits per heavy atom. The normalized spacial score (nSPS) is 7.59. The lowest BCUT2D eigenvalue weighted by Crippen LogP contribution is -1.72. The van der Waals surface area contributed by atoms with E-state index in [-0.39, 0.29) is 29.7 Å². The van der Waals surface area contributed by atoms with Crippen LogP contribution in [0.2, 0.25) is 0 Å². The van der Waals surface area contributed by atoms with Crippen LogP contribution in [0.25, 0.3) is 11.4 Å². The van der Waals surface area contributed by atoms with Crippen LogP contribution in [0.15, 0.2) is 110 Å². The van der Waals surface area contributed by atoms with Crippen molar-refractivity contribution >= 4 is 0 Å². The summed E-state index contributed by atoms with van der Waals surface area (Å²) in [6.45, 7) is 0. The van der Waals surface area contributed by atoms with E-state index in [0.29, 0.717) is 0 Å². The Labute approximate surface area is 176 Å². The highest BCUT2D eigenvalue weighted by molar-refractivity contribution is 5.53. The molecule has 0 radical (unpaired) electrons. The quantitative estimate of drug-likeness (QED) is 0.193. The Kier molecular flexibility index (Phi) is 21.5. The zero-order valence-corrected chi connectivity index (χ0v) is 13.9. The van der Waals surface area contributed by atoms with Crippen molar-refractivity contribution in [1.29, 1.82) is 0 Å². The van der Waals surface area contributed by atoms with Crippen molar-refractivity contribution in [1.82, 2.24) is 24.9 Å². The molecule has 0 unspecified atom stereocenters. The molecule has 5 N–H and O–H groups in total. The maximum atomic E-state index is 3.11. The van der Waals surface area contributed by atoms with Crippen LogP contribution in [0, 0.1) is 0 Å². The summed E-state index contributed by atoms with van der Waals surface area (Å²) >= 11 is 0. The fourth-order valence-electron chi connectivity index (χ4n) is 1.83. The maximum absolute atomic E-state index is 3.11. The van der Waals surface area contributed by atoms with Gasteiger partial charge >= 0.3 is 0 Å². The van der Waals surface area contributed by atoms with Crippen molar-refractivity contribution < 1.29 is 0 Å². The predicted octanol–water partition coefficient (Wildman–Crippen LogP) is 7.60. The van der Waals surface area contributed by atoms with Gasteiger partial charge in [-0.2, -0.15) is 0 Å². The van der Waals surface area contributed by atoms with Crippen LogP contribution < -0.4 is 0 Å². The number of hydrogen-bond acceptors (Lipinski definition) is 0. The topological polar surface area (TPSA) is 78.9 Å². The first-order chi connectivity index (χ1) is 12.5. The number of H-pyrrole nitrogens is 5. The largest absolute Gasteiger partial charge is 0.368 e. The Hall–Kier alpha value is -3.60. The molecule has 29 heavy (non-hydrogen) atoms. The van der Waals surface area contributed by atoms with Crippen molar-refractivity contribution in [3.63, 3.8) is 0 Å². The summed E-state index contributed by atoms with van der Waals surface area (Å²) < 4.78 is 0. The van der Waals surface area contributed by atoms with Crippen LogP contribution in [-0.2, 0) is 0 Å². The summed E-state index contributed by atoms with van der Waals surface area (Å²) in [6, 6.07) is 19.7. The lowest BCUT2D eigenvalue weighted by atomic mass is 10.3. The van der Waals surface area contributed by atoms with Crippen LogP contribution in [0.3, 0.4) is 0 Å². The third kappa shape index (κ3) is 14.2. The molecule has 0 spiro atoms. The molecule has 5 heterocycles. The minimum Gasteiger partial charge on any atom is -0.368 e. The monoisotopic (exact) mass is 397 g/mol. The summed E-state index contributed by atoms with van der Waals surface area (Å²) in [6.07, 6.45) is 15.1. The second-order valence-electron chi connectivity index (χ2n) is 4.82. The summed E-state index contributed by atoms with van der Waals surface area (Å²) in [7, 11) is 0. The Morgan fingerprint density at radius 1 is 0.345 bits per heavy atom. The molecular formula is C24H39N5. The molecule has 5 aromatic heterocycles. The molecule has 5 heteroatoms. The number of nitrogens with one attached hydrogen (secondary N) is 5.